The summed E-state index contributed by atoms with van der Waals surface area (Å²) in [5.41, 5.74) is 4.06. The van der Waals surface area contributed by atoms with E-state index >= 15 is 0 Å². The Bertz CT molecular complexity index is 1140. The monoisotopic (exact) mass is 432 g/mol. The summed E-state index contributed by atoms with van der Waals surface area (Å²) < 4.78 is 0. The van der Waals surface area contributed by atoms with Gasteiger partial charge in [-0.15, -0.1) is 0 Å². The number of benzene rings is 3. The number of anilines is 2. The zero-order chi connectivity index (χ0) is 21.7. The van der Waals surface area contributed by atoms with E-state index in [1.165, 1.54) is 4.90 Å². The average Bonchev–Trinajstić information content (AvgIpc) is 3.27. The molecule has 2 heterocycles. The van der Waals surface area contributed by atoms with Crippen LogP contribution in [0.1, 0.15) is 22.7 Å². The Morgan fingerprint density at radius 2 is 1.45 bits per heavy atom. The number of imide groups is 1. The third-order valence-electron chi connectivity index (χ3n) is 6.00. The molecule has 0 unspecified atom stereocenters. The molecule has 0 bridgehead atoms. The molecule has 3 aromatic carbocycles. The van der Waals surface area contributed by atoms with Crippen LogP contribution in [0.4, 0.5) is 11.4 Å². The lowest BCUT2D eigenvalue weighted by molar-refractivity contribution is -0.126. The van der Waals surface area contributed by atoms with Gasteiger partial charge < -0.3 is 0 Å². The molecule has 156 valence electrons. The van der Waals surface area contributed by atoms with Crippen molar-refractivity contribution in [2.24, 2.45) is 5.92 Å². The number of aryl methyl sites for hydroxylation is 2. The number of nitrogens with zero attached hydrogens (tertiary/aromatic N) is 2. The second-order valence-electron chi connectivity index (χ2n) is 7.96. The predicted octanol–water partition coefficient (Wildman–Crippen LogP) is 5.01. The number of para-hydroxylation sites is 2. The molecule has 31 heavy (non-hydrogen) atoms. The number of hydrogen-bond acceptors (Lipinski definition) is 4. The summed E-state index contributed by atoms with van der Waals surface area (Å²) in [6, 6.07) is 22.2. The number of fused-ring (bicyclic) bond motifs is 1. The van der Waals surface area contributed by atoms with Crippen molar-refractivity contribution in [2.75, 3.05) is 9.96 Å². The lowest BCUT2D eigenvalue weighted by Crippen LogP contribution is -2.38. The van der Waals surface area contributed by atoms with Gasteiger partial charge in [0, 0.05) is 5.02 Å². The van der Waals surface area contributed by atoms with E-state index in [-0.39, 0.29) is 11.8 Å². The van der Waals surface area contributed by atoms with Gasteiger partial charge in [0.05, 0.1) is 17.4 Å². The minimum absolute atomic E-state index is 0.245. The van der Waals surface area contributed by atoms with Gasteiger partial charge in [-0.1, -0.05) is 60.1 Å². The van der Waals surface area contributed by atoms with Gasteiger partial charge in [-0.2, -0.15) is 0 Å². The van der Waals surface area contributed by atoms with Crippen molar-refractivity contribution in [3.63, 3.8) is 0 Å². The van der Waals surface area contributed by atoms with Crippen molar-refractivity contribution < 1.29 is 14.4 Å². The quantitative estimate of drug-likeness (QED) is 0.546. The van der Waals surface area contributed by atoms with E-state index in [9.17, 15) is 9.59 Å². The number of amides is 2. The molecular formula is C25H21ClN2O3. The van der Waals surface area contributed by atoms with Crippen LogP contribution in [0.25, 0.3) is 0 Å². The average molecular weight is 433 g/mol. The number of rotatable bonds is 3. The van der Waals surface area contributed by atoms with Gasteiger partial charge in [0.15, 0.2) is 6.10 Å². The molecule has 2 aliphatic heterocycles. The molecule has 0 aromatic heterocycles. The highest BCUT2D eigenvalue weighted by atomic mass is 35.5. The maximum absolute atomic E-state index is 13.7. The minimum Gasteiger partial charge on any atom is -0.273 e. The van der Waals surface area contributed by atoms with Crippen LogP contribution in [0.2, 0.25) is 5.02 Å². The van der Waals surface area contributed by atoms with Crippen molar-refractivity contribution in [1.29, 1.82) is 0 Å². The molecule has 0 spiro atoms. The van der Waals surface area contributed by atoms with Crippen molar-refractivity contribution in [3.8, 4) is 0 Å². The fourth-order valence-electron chi connectivity index (χ4n) is 4.59. The standard InChI is InChI=1S/C25H21ClN2O3/c1-15-7-6-8-16(2)21(15)27-24(29)20-22(17-11-13-18(26)14-12-17)28(31-23(20)25(27)30)19-9-4-3-5-10-19/h3-14,20,22-23H,1-2H3/t20-,22+,23-/m0/s1. The molecule has 5 nitrogen and oxygen atoms in total. The van der Waals surface area contributed by atoms with E-state index in [0.717, 1.165) is 22.4 Å². The van der Waals surface area contributed by atoms with E-state index in [1.54, 1.807) is 17.2 Å². The summed E-state index contributed by atoms with van der Waals surface area (Å²) >= 11 is 6.10. The van der Waals surface area contributed by atoms with E-state index in [0.29, 0.717) is 10.7 Å². The van der Waals surface area contributed by atoms with Gasteiger partial charge in [-0.3, -0.25) is 14.4 Å². The van der Waals surface area contributed by atoms with Crippen LogP contribution >= 0.6 is 11.6 Å². The Balaban J connectivity index is 1.61. The maximum Gasteiger partial charge on any atom is 0.266 e. The Morgan fingerprint density at radius 3 is 2.10 bits per heavy atom. The molecule has 3 atom stereocenters. The Hall–Kier alpha value is -3.15. The van der Waals surface area contributed by atoms with Gasteiger partial charge in [-0.05, 0) is 54.8 Å². The summed E-state index contributed by atoms with van der Waals surface area (Å²) in [4.78, 5) is 34.6. The fourth-order valence-corrected chi connectivity index (χ4v) is 4.72. The van der Waals surface area contributed by atoms with Crippen LogP contribution in [0.3, 0.4) is 0 Å². The van der Waals surface area contributed by atoms with Gasteiger partial charge in [0.1, 0.15) is 5.92 Å². The molecule has 0 saturated carbocycles. The normalized spacial score (nSPS) is 22.9. The molecule has 2 saturated heterocycles. The molecule has 0 radical (unpaired) electrons. The first-order valence-electron chi connectivity index (χ1n) is 10.2. The van der Waals surface area contributed by atoms with Gasteiger partial charge >= 0.3 is 0 Å². The highest BCUT2D eigenvalue weighted by Gasteiger charge is 2.60. The Kier molecular flexibility index (Phi) is 4.80. The second-order valence-corrected chi connectivity index (χ2v) is 8.40. The highest BCUT2D eigenvalue weighted by Crippen LogP contribution is 2.48. The lowest BCUT2D eigenvalue weighted by Gasteiger charge is -2.29. The summed E-state index contributed by atoms with van der Waals surface area (Å²) in [6.07, 6.45) is -0.882. The Morgan fingerprint density at radius 1 is 0.806 bits per heavy atom. The van der Waals surface area contributed by atoms with Crippen molar-refractivity contribution in [3.05, 3.63) is 94.5 Å². The van der Waals surface area contributed by atoms with Gasteiger partial charge in [0.2, 0.25) is 5.91 Å². The molecule has 5 rings (SSSR count). The fraction of sp³-hybridized carbons (Fsp3) is 0.200. The Labute approximate surface area is 185 Å². The largest absolute Gasteiger partial charge is 0.273 e. The van der Waals surface area contributed by atoms with Crippen molar-refractivity contribution in [1.82, 2.24) is 0 Å². The zero-order valence-corrected chi connectivity index (χ0v) is 17.9. The first-order chi connectivity index (χ1) is 15.0. The number of hydrogen-bond donors (Lipinski definition) is 0. The summed E-state index contributed by atoms with van der Waals surface area (Å²) in [5.74, 6) is -1.23. The highest BCUT2D eigenvalue weighted by molar-refractivity contribution is 6.30. The van der Waals surface area contributed by atoms with Crippen LogP contribution in [0.15, 0.2) is 72.8 Å². The number of carbonyl (C=O) groups is 2. The van der Waals surface area contributed by atoms with Crippen LogP contribution in [-0.2, 0) is 14.4 Å². The molecule has 2 aliphatic rings. The SMILES string of the molecule is Cc1cccc(C)c1N1C(=O)[C@@H]2[C@H](ON(c3ccccc3)[C@@H]2c2ccc(Cl)cc2)C1=O. The summed E-state index contributed by atoms with van der Waals surface area (Å²) in [7, 11) is 0. The summed E-state index contributed by atoms with van der Waals surface area (Å²) in [6.45, 7) is 3.82. The summed E-state index contributed by atoms with van der Waals surface area (Å²) in [5, 5.41) is 2.30. The van der Waals surface area contributed by atoms with E-state index in [2.05, 4.69) is 0 Å². The van der Waals surface area contributed by atoms with E-state index in [1.807, 2.05) is 74.5 Å². The van der Waals surface area contributed by atoms with Crippen LogP contribution in [0.5, 0.6) is 0 Å². The smallest absolute Gasteiger partial charge is 0.266 e. The maximum atomic E-state index is 13.7. The molecule has 2 fully saturated rings. The van der Waals surface area contributed by atoms with Crippen molar-refractivity contribution in [2.45, 2.75) is 26.0 Å². The van der Waals surface area contributed by atoms with Crippen LogP contribution in [-0.4, -0.2) is 17.9 Å². The molecule has 6 heteroatoms. The molecular weight excluding hydrogens is 412 g/mol. The van der Waals surface area contributed by atoms with E-state index < -0.39 is 18.1 Å². The lowest BCUT2D eigenvalue weighted by atomic mass is 9.90. The number of carbonyl (C=O) groups excluding carboxylic acids is 2. The minimum atomic E-state index is -0.882. The number of hydroxylamine groups is 1. The van der Waals surface area contributed by atoms with Gasteiger partial charge in [0.25, 0.3) is 5.91 Å². The molecule has 0 N–H and O–H groups in total. The van der Waals surface area contributed by atoms with Gasteiger partial charge in [-0.25, -0.2) is 9.96 Å². The predicted molar refractivity (Wildman–Crippen MR) is 120 cm³/mol. The molecule has 3 aromatic rings. The molecule has 2 amide bonds. The third kappa shape index (κ3) is 3.12. The van der Waals surface area contributed by atoms with Crippen LogP contribution in [0, 0.1) is 19.8 Å². The van der Waals surface area contributed by atoms with Crippen LogP contribution < -0.4 is 9.96 Å². The first-order valence-corrected chi connectivity index (χ1v) is 10.6. The van der Waals surface area contributed by atoms with Crippen molar-refractivity contribution >= 4 is 34.8 Å². The van der Waals surface area contributed by atoms with E-state index in [4.69, 9.17) is 16.4 Å². The third-order valence-corrected chi connectivity index (χ3v) is 6.25. The molecule has 0 aliphatic carbocycles. The topological polar surface area (TPSA) is 49.9 Å². The second kappa shape index (κ2) is 7.52. The zero-order valence-electron chi connectivity index (χ0n) is 17.2. The number of halogens is 1. The first kappa shape index (κ1) is 19.8.